The smallest absolute Gasteiger partial charge is 0.254 e. The van der Waals surface area contributed by atoms with Crippen molar-refractivity contribution in [2.24, 2.45) is 0 Å². The first-order chi connectivity index (χ1) is 10.3. The zero-order chi connectivity index (χ0) is 14.2. The molecule has 1 aliphatic rings. The molecule has 1 saturated heterocycles. The molecule has 1 amide bonds. The average Bonchev–Trinajstić information content (AvgIpc) is 3.24. The van der Waals surface area contributed by atoms with Crippen molar-refractivity contribution in [3.8, 4) is 0 Å². The van der Waals surface area contributed by atoms with Gasteiger partial charge in [0.25, 0.3) is 5.91 Å². The van der Waals surface area contributed by atoms with Crippen LogP contribution in [0.3, 0.4) is 0 Å². The highest BCUT2D eigenvalue weighted by Gasteiger charge is 2.28. The first kappa shape index (κ1) is 12.4. The zero-order valence-electron chi connectivity index (χ0n) is 11.1. The van der Waals surface area contributed by atoms with E-state index in [4.69, 9.17) is 0 Å². The van der Waals surface area contributed by atoms with Crippen molar-refractivity contribution in [2.45, 2.75) is 12.5 Å². The Labute approximate surface area is 124 Å². The predicted molar refractivity (Wildman–Crippen MR) is 77.0 cm³/mol. The van der Waals surface area contributed by atoms with E-state index >= 15 is 0 Å². The van der Waals surface area contributed by atoms with Crippen LogP contribution in [0.5, 0.6) is 0 Å². The van der Waals surface area contributed by atoms with Gasteiger partial charge in [0.05, 0.1) is 24.0 Å². The number of likely N-dealkylation sites (tertiary alicyclic amines) is 1. The normalized spacial score (nSPS) is 18.5. The molecule has 1 fully saturated rings. The minimum atomic E-state index is 0.0347. The van der Waals surface area contributed by atoms with E-state index in [9.17, 15) is 4.79 Å². The van der Waals surface area contributed by atoms with Gasteiger partial charge in [-0.05, 0) is 24.6 Å². The third-order valence-corrected chi connectivity index (χ3v) is 4.32. The minimum absolute atomic E-state index is 0.0347. The predicted octanol–water partition coefficient (Wildman–Crippen LogP) is 1.37. The van der Waals surface area contributed by atoms with Crippen LogP contribution in [0.2, 0.25) is 0 Å². The van der Waals surface area contributed by atoms with E-state index in [1.807, 2.05) is 34.0 Å². The van der Waals surface area contributed by atoms with Gasteiger partial charge in [0.2, 0.25) is 0 Å². The van der Waals surface area contributed by atoms with Gasteiger partial charge in [0.15, 0.2) is 0 Å². The maximum absolute atomic E-state index is 12.6. The van der Waals surface area contributed by atoms with E-state index in [1.165, 1.54) is 0 Å². The number of carbonyl (C=O) groups excluding carboxylic acids is 1. The summed E-state index contributed by atoms with van der Waals surface area (Å²) in [6, 6.07) is 5.68. The van der Waals surface area contributed by atoms with Gasteiger partial charge in [-0.15, -0.1) is 5.10 Å². The summed E-state index contributed by atoms with van der Waals surface area (Å²) in [4.78, 5) is 14.4. The van der Waals surface area contributed by atoms with Crippen LogP contribution >= 0.6 is 11.7 Å². The molecule has 0 N–H and O–H groups in total. The van der Waals surface area contributed by atoms with Crippen molar-refractivity contribution in [1.29, 1.82) is 0 Å². The third kappa shape index (κ3) is 2.17. The molecule has 0 aliphatic carbocycles. The number of nitrogens with zero attached hydrogens (tertiary/aromatic N) is 6. The zero-order valence-corrected chi connectivity index (χ0v) is 11.9. The molecule has 1 atom stereocenters. The van der Waals surface area contributed by atoms with Crippen LogP contribution in [0.15, 0.2) is 30.6 Å². The lowest BCUT2D eigenvalue weighted by Gasteiger charge is -2.16. The highest BCUT2D eigenvalue weighted by Crippen LogP contribution is 2.23. The molecule has 1 unspecified atom stereocenters. The fourth-order valence-corrected chi connectivity index (χ4v) is 3.17. The molecule has 106 valence electrons. The molecular formula is C13H12N6OS. The molecule has 1 aliphatic heterocycles. The first-order valence-corrected chi connectivity index (χ1v) is 7.42. The number of amides is 1. The molecular weight excluding hydrogens is 288 g/mol. The number of hydrogen-bond acceptors (Lipinski definition) is 6. The lowest BCUT2D eigenvalue weighted by molar-refractivity contribution is 0.0787. The van der Waals surface area contributed by atoms with Gasteiger partial charge < -0.3 is 4.90 Å². The molecule has 2 aromatic heterocycles. The van der Waals surface area contributed by atoms with E-state index in [2.05, 4.69) is 19.1 Å². The molecule has 0 saturated carbocycles. The number of rotatable bonds is 2. The maximum atomic E-state index is 12.6. The summed E-state index contributed by atoms with van der Waals surface area (Å²) >= 11 is 1.16. The van der Waals surface area contributed by atoms with Gasteiger partial charge in [-0.1, -0.05) is 5.21 Å². The molecule has 0 bridgehead atoms. The second kappa shape index (κ2) is 4.88. The Morgan fingerprint density at radius 3 is 3.05 bits per heavy atom. The molecule has 0 spiro atoms. The van der Waals surface area contributed by atoms with Crippen LogP contribution in [0.4, 0.5) is 0 Å². The van der Waals surface area contributed by atoms with Gasteiger partial charge in [-0.25, -0.2) is 4.68 Å². The van der Waals surface area contributed by atoms with Crippen molar-refractivity contribution in [1.82, 2.24) is 28.6 Å². The molecule has 0 radical (unpaired) electrons. The lowest BCUT2D eigenvalue weighted by atomic mass is 10.2. The Bertz CT molecular complexity index is 783. The standard InChI is InChI=1S/C13H12N6OS/c20-13(9-1-2-11-12(7-9)16-21-15-11)18-5-3-10(8-18)19-6-4-14-17-19/h1-2,4,6-7,10H,3,5,8H2. The first-order valence-electron chi connectivity index (χ1n) is 6.69. The molecule has 8 heteroatoms. The van der Waals surface area contributed by atoms with Gasteiger partial charge in [-0.3, -0.25) is 4.79 Å². The van der Waals surface area contributed by atoms with Gasteiger partial charge in [-0.2, -0.15) is 8.75 Å². The molecule has 21 heavy (non-hydrogen) atoms. The van der Waals surface area contributed by atoms with Crippen LogP contribution < -0.4 is 0 Å². The van der Waals surface area contributed by atoms with Gasteiger partial charge >= 0.3 is 0 Å². The van der Waals surface area contributed by atoms with Crippen molar-refractivity contribution < 1.29 is 4.79 Å². The Balaban J connectivity index is 1.55. The van der Waals surface area contributed by atoms with Crippen LogP contribution in [-0.2, 0) is 0 Å². The Morgan fingerprint density at radius 2 is 2.19 bits per heavy atom. The van der Waals surface area contributed by atoms with Crippen molar-refractivity contribution in [3.05, 3.63) is 36.2 Å². The summed E-state index contributed by atoms with van der Waals surface area (Å²) in [7, 11) is 0. The minimum Gasteiger partial charge on any atom is -0.336 e. The van der Waals surface area contributed by atoms with Gasteiger partial charge in [0, 0.05) is 24.8 Å². The molecule has 3 heterocycles. The highest BCUT2D eigenvalue weighted by molar-refractivity contribution is 7.00. The van der Waals surface area contributed by atoms with Crippen LogP contribution in [0, 0.1) is 0 Å². The summed E-state index contributed by atoms with van der Waals surface area (Å²) in [5, 5.41) is 7.83. The largest absolute Gasteiger partial charge is 0.336 e. The van der Waals surface area contributed by atoms with E-state index < -0.39 is 0 Å². The third-order valence-electron chi connectivity index (χ3n) is 3.77. The number of benzene rings is 1. The number of fused-ring (bicyclic) bond motifs is 1. The summed E-state index contributed by atoms with van der Waals surface area (Å²) in [6.45, 7) is 1.40. The quantitative estimate of drug-likeness (QED) is 0.714. The second-order valence-electron chi connectivity index (χ2n) is 5.04. The van der Waals surface area contributed by atoms with Crippen LogP contribution in [0.1, 0.15) is 22.8 Å². The van der Waals surface area contributed by atoms with E-state index in [-0.39, 0.29) is 11.9 Å². The summed E-state index contributed by atoms with van der Waals surface area (Å²) in [6.07, 6.45) is 4.40. The molecule has 3 aromatic rings. The Hall–Kier alpha value is -2.35. The van der Waals surface area contributed by atoms with Crippen LogP contribution in [0.25, 0.3) is 11.0 Å². The Morgan fingerprint density at radius 1 is 1.29 bits per heavy atom. The SMILES string of the molecule is O=C(c1ccc2nsnc2c1)N1CCC(n2ccnn2)C1. The van der Waals surface area contributed by atoms with Crippen molar-refractivity contribution >= 4 is 28.7 Å². The van der Waals surface area contributed by atoms with E-state index in [1.54, 1.807) is 6.20 Å². The maximum Gasteiger partial charge on any atom is 0.254 e. The molecule has 7 nitrogen and oxygen atoms in total. The fraction of sp³-hybridized carbons (Fsp3) is 0.308. The number of carbonyl (C=O) groups is 1. The summed E-state index contributed by atoms with van der Waals surface area (Å²) in [5.41, 5.74) is 2.27. The summed E-state index contributed by atoms with van der Waals surface area (Å²) in [5.74, 6) is 0.0347. The van der Waals surface area contributed by atoms with Crippen molar-refractivity contribution in [3.63, 3.8) is 0 Å². The van der Waals surface area contributed by atoms with Crippen molar-refractivity contribution in [2.75, 3.05) is 13.1 Å². The van der Waals surface area contributed by atoms with Gasteiger partial charge in [0.1, 0.15) is 11.0 Å². The highest BCUT2D eigenvalue weighted by atomic mass is 32.1. The van der Waals surface area contributed by atoms with E-state index in [0.717, 1.165) is 35.7 Å². The van der Waals surface area contributed by atoms with Crippen LogP contribution in [-0.4, -0.2) is 47.6 Å². The monoisotopic (exact) mass is 300 g/mol. The topological polar surface area (TPSA) is 76.8 Å². The molecule has 4 rings (SSSR count). The fourth-order valence-electron chi connectivity index (χ4n) is 2.65. The van der Waals surface area contributed by atoms with E-state index in [0.29, 0.717) is 12.1 Å². The second-order valence-corrected chi connectivity index (χ2v) is 5.57. The number of aromatic nitrogens is 5. The average molecular weight is 300 g/mol. The summed E-state index contributed by atoms with van der Waals surface area (Å²) < 4.78 is 10.2. The Kier molecular flexibility index (Phi) is 2.88. The number of hydrogen-bond donors (Lipinski definition) is 0. The molecule has 1 aromatic carbocycles. The lowest BCUT2D eigenvalue weighted by Crippen LogP contribution is -2.29.